The van der Waals surface area contributed by atoms with Gasteiger partial charge in [-0.2, -0.15) is 0 Å². The van der Waals surface area contributed by atoms with Gasteiger partial charge in [0.15, 0.2) is 0 Å². The third-order valence-electron chi connectivity index (χ3n) is 2.51. The molecule has 0 amide bonds. The maximum Gasteiger partial charge on any atom is 0.00622 e. The first kappa shape index (κ1) is 12.5. The molecule has 2 unspecified atom stereocenters. The average Bonchev–Trinajstić information content (AvgIpc) is 1.98. The van der Waals surface area contributed by atoms with Gasteiger partial charge in [-0.1, -0.05) is 50.0 Å². The van der Waals surface area contributed by atoms with Crippen LogP contribution in [0.5, 0.6) is 0 Å². The first-order valence-corrected chi connectivity index (χ1v) is 6.29. The number of hydrogen-bond donors (Lipinski definition) is 0. The summed E-state index contributed by atoms with van der Waals surface area (Å²) < 4.78 is 0. The van der Waals surface area contributed by atoms with E-state index in [0.717, 1.165) is 17.8 Å². The van der Waals surface area contributed by atoms with Gasteiger partial charge < -0.3 is 0 Å². The molecule has 0 aliphatic heterocycles. The Labute approximate surface area is 86.3 Å². The second kappa shape index (κ2) is 6.94. The van der Waals surface area contributed by atoms with Crippen molar-refractivity contribution in [3.8, 4) is 0 Å². The van der Waals surface area contributed by atoms with Crippen molar-refractivity contribution in [2.45, 2.75) is 47.0 Å². The Balaban J connectivity index is 3.76. The fraction of sp³-hybridized carbons (Fsp3) is 1.00. The van der Waals surface area contributed by atoms with Crippen LogP contribution in [0.3, 0.4) is 0 Å². The highest BCUT2D eigenvalue weighted by molar-refractivity contribution is 9.09. The molecular weight excluding hydrogens is 212 g/mol. The Hall–Kier alpha value is 0.480. The zero-order chi connectivity index (χ0) is 9.56. The van der Waals surface area contributed by atoms with E-state index in [2.05, 4.69) is 43.6 Å². The summed E-state index contributed by atoms with van der Waals surface area (Å²) in [6.45, 7) is 9.29. The van der Waals surface area contributed by atoms with Gasteiger partial charge in [0.2, 0.25) is 0 Å². The van der Waals surface area contributed by atoms with Crippen LogP contribution < -0.4 is 0 Å². The second-order valence-corrected chi connectivity index (χ2v) is 4.96. The van der Waals surface area contributed by atoms with Crippen molar-refractivity contribution < 1.29 is 0 Å². The zero-order valence-corrected chi connectivity index (χ0v) is 10.5. The van der Waals surface area contributed by atoms with Crippen LogP contribution in [0.25, 0.3) is 0 Å². The number of alkyl halides is 1. The van der Waals surface area contributed by atoms with E-state index in [4.69, 9.17) is 0 Å². The third-order valence-corrected chi connectivity index (χ3v) is 3.34. The topological polar surface area (TPSA) is 0 Å². The molecule has 74 valence electrons. The maximum atomic E-state index is 3.61. The molecular formula is C11H23Br. The molecule has 0 aliphatic rings. The lowest BCUT2D eigenvalue weighted by Gasteiger charge is -2.22. The van der Waals surface area contributed by atoms with Crippen molar-refractivity contribution in [2.24, 2.45) is 17.8 Å². The standard InChI is InChI=1S/C11H23Br/c1-5-6-11(8-12)10(4)7-9(2)3/h9-11H,5-8H2,1-4H3. The molecule has 0 aromatic heterocycles. The third kappa shape index (κ3) is 5.18. The molecule has 0 aromatic rings. The smallest absolute Gasteiger partial charge is 0.00622 e. The van der Waals surface area contributed by atoms with E-state index in [1.165, 1.54) is 24.6 Å². The van der Waals surface area contributed by atoms with Crippen molar-refractivity contribution in [3.63, 3.8) is 0 Å². The molecule has 0 radical (unpaired) electrons. The monoisotopic (exact) mass is 234 g/mol. The lowest BCUT2D eigenvalue weighted by atomic mass is 9.85. The van der Waals surface area contributed by atoms with Gasteiger partial charge in [-0.05, 0) is 30.6 Å². The van der Waals surface area contributed by atoms with E-state index in [1.54, 1.807) is 0 Å². The van der Waals surface area contributed by atoms with E-state index in [9.17, 15) is 0 Å². The van der Waals surface area contributed by atoms with Crippen LogP contribution in [-0.4, -0.2) is 5.33 Å². The summed E-state index contributed by atoms with van der Waals surface area (Å²) in [6.07, 6.45) is 4.06. The predicted molar refractivity (Wildman–Crippen MR) is 60.8 cm³/mol. The molecule has 1 heteroatoms. The molecule has 2 atom stereocenters. The molecule has 0 heterocycles. The fourth-order valence-corrected chi connectivity index (χ4v) is 2.78. The number of halogens is 1. The summed E-state index contributed by atoms with van der Waals surface area (Å²) in [4.78, 5) is 0. The SMILES string of the molecule is CCCC(CBr)C(C)CC(C)C. The van der Waals surface area contributed by atoms with Gasteiger partial charge in [0.25, 0.3) is 0 Å². The van der Waals surface area contributed by atoms with Crippen LogP contribution in [0.15, 0.2) is 0 Å². The molecule has 0 rings (SSSR count). The van der Waals surface area contributed by atoms with Crippen molar-refractivity contribution in [1.29, 1.82) is 0 Å². The van der Waals surface area contributed by atoms with Gasteiger partial charge in [-0.15, -0.1) is 0 Å². The minimum absolute atomic E-state index is 0.846. The van der Waals surface area contributed by atoms with Crippen molar-refractivity contribution in [1.82, 2.24) is 0 Å². The average molecular weight is 235 g/mol. The molecule has 0 N–H and O–H groups in total. The van der Waals surface area contributed by atoms with Gasteiger partial charge in [-0.3, -0.25) is 0 Å². The Morgan fingerprint density at radius 1 is 1.17 bits per heavy atom. The van der Waals surface area contributed by atoms with Gasteiger partial charge in [0, 0.05) is 5.33 Å². The first-order chi connectivity index (χ1) is 5.61. The van der Waals surface area contributed by atoms with Gasteiger partial charge >= 0.3 is 0 Å². The van der Waals surface area contributed by atoms with E-state index >= 15 is 0 Å². The summed E-state index contributed by atoms with van der Waals surface area (Å²) in [5.41, 5.74) is 0. The van der Waals surface area contributed by atoms with Crippen LogP contribution >= 0.6 is 15.9 Å². The van der Waals surface area contributed by atoms with E-state index in [1.807, 2.05) is 0 Å². The maximum absolute atomic E-state index is 3.61. The van der Waals surface area contributed by atoms with Gasteiger partial charge in [0.1, 0.15) is 0 Å². The first-order valence-electron chi connectivity index (χ1n) is 5.17. The van der Waals surface area contributed by atoms with Crippen molar-refractivity contribution >= 4 is 15.9 Å². The lowest BCUT2D eigenvalue weighted by Crippen LogP contribution is -2.15. The quantitative estimate of drug-likeness (QED) is 0.595. The van der Waals surface area contributed by atoms with Crippen LogP contribution in [0.2, 0.25) is 0 Å². The zero-order valence-electron chi connectivity index (χ0n) is 8.94. The molecule has 12 heavy (non-hydrogen) atoms. The highest BCUT2D eigenvalue weighted by Gasteiger charge is 2.15. The summed E-state index contributed by atoms with van der Waals surface area (Å²) in [5, 5.41) is 1.18. The molecule has 0 aliphatic carbocycles. The Morgan fingerprint density at radius 2 is 1.75 bits per heavy atom. The van der Waals surface area contributed by atoms with Gasteiger partial charge in [0.05, 0.1) is 0 Å². The number of rotatable bonds is 6. The fourth-order valence-electron chi connectivity index (χ4n) is 1.82. The van der Waals surface area contributed by atoms with Crippen molar-refractivity contribution in [3.05, 3.63) is 0 Å². The Bertz CT molecular complexity index is 99.2. The molecule has 0 saturated heterocycles. The highest BCUT2D eigenvalue weighted by atomic mass is 79.9. The number of hydrogen-bond acceptors (Lipinski definition) is 0. The van der Waals surface area contributed by atoms with E-state index < -0.39 is 0 Å². The Morgan fingerprint density at radius 3 is 2.08 bits per heavy atom. The second-order valence-electron chi connectivity index (χ2n) is 4.31. The highest BCUT2D eigenvalue weighted by Crippen LogP contribution is 2.25. The van der Waals surface area contributed by atoms with Crippen LogP contribution in [0.4, 0.5) is 0 Å². The Kier molecular flexibility index (Phi) is 7.22. The van der Waals surface area contributed by atoms with Crippen LogP contribution in [0.1, 0.15) is 47.0 Å². The summed E-state index contributed by atoms with van der Waals surface area (Å²) in [7, 11) is 0. The summed E-state index contributed by atoms with van der Waals surface area (Å²) in [5.74, 6) is 2.61. The van der Waals surface area contributed by atoms with E-state index in [-0.39, 0.29) is 0 Å². The predicted octanol–water partition coefficient (Wildman–Crippen LogP) is 4.48. The van der Waals surface area contributed by atoms with E-state index in [0.29, 0.717) is 0 Å². The minimum atomic E-state index is 0.846. The molecule has 0 bridgehead atoms. The van der Waals surface area contributed by atoms with Gasteiger partial charge in [-0.25, -0.2) is 0 Å². The molecule has 0 aromatic carbocycles. The van der Waals surface area contributed by atoms with Crippen molar-refractivity contribution in [2.75, 3.05) is 5.33 Å². The van der Waals surface area contributed by atoms with Crippen LogP contribution in [0, 0.1) is 17.8 Å². The molecule has 0 saturated carbocycles. The molecule has 0 nitrogen and oxygen atoms in total. The lowest BCUT2D eigenvalue weighted by molar-refractivity contribution is 0.313. The normalized spacial score (nSPS) is 16.5. The summed E-state index contributed by atoms with van der Waals surface area (Å²) >= 11 is 3.61. The minimum Gasteiger partial charge on any atom is -0.0925 e. The largest absolute Gasteiger partial charge is 0.0925 e. The summed E-state index contributed by atoms with van der Waals surface area (Å²) in [6, 6.07) is 0. The van der Waals surface area contributed by atoms with Crippen LogP contribution in [-0.2, 0) is 0 Å². The molecule has 0 spiro atoms. The molecule has 0 fully saturated rings.